The van der Waals surface area contributed by atoms with E-state index in [1.54, 1.807) is 0 Å². The van der Waals surface area contributed by atoms with E-state index >= 15 is 0 Å². The molecular formula is C14H20O2. The fourth-order valence-corrected chi connectivity index (χ4v) is 4.87. The second kappa shape index (κ2) is 3.12. The molecule has 0 aromatic carbocycles. The maximum Gasteiger partial charge on any atom is 0.330 e. The average molecular weight is 220 g/mol. The second-order valence-corrected chi connectivity index (χ2v) is 6.04. The quantitative estimate of drug-likeness (QED) is 0.528. The average Bonchev–Trinajstić information content (AvgIpc) is 2.87. The Morgan fingerprint density at radius 1 is 1.44 bits per heavy atom. The van der Waals surface area contributed by atoms with Crippen molar-refractivity contribution in [3.05, 3.63) is 12.7 Å². The van der Waals surface area contributed by atoms with Gasteiger partial charge in [0.25, 0.3) is 0 Å². The summed E-state index contributed by atoms with van der Waals surface area (Å²) < 4.78 is 5.80. The van der Waals surface area contributed by atoms with Gasteiger partial charge in [0.15, 0.2) is 0 Å². The highest BCUT2D eigenvalue weighted by Crippen LogP contribution is 2.69. The molecule has 2 bridgehead atoms. The van der Waals surface area contributed by atoms with E-state index in [-0.39, 0.29) is 17.0 Å². The molecular weight excluding hydrogens is 200 g/mol. The van der Waals surface area contributed by atoms with Crippen LogP contribution in [0.4, 0.5) is 0 Å². The zero-order valence-electron chi connectivity index (χ0n) is 10.00. The molecule has 2 nitrogen and oxygen atoms in total. The zero-order chi connectivity index (χ0) is 11.4. The van der Waals surface area contributed by atoms with Crippen LogP contribution in [0.3, 0.4) is 0 Å². The first-order chi connectivity index (χ1) is 7.61. The van der Waals surface area contributed by atoms with Crippen molar-refractivity contribution >= 4 is 5.97 Å². The van der Waals surface area contributed by atoms with Gasteiger partial charge in [-0.2, -0.15) is 0 Å². The minimum Gasteiger partial charge on any atom is -0.455 e. The molecule has 3 aliphatic carbocycles. The lowest BCUT2D eigenvalue weighted by Crippen LogP contribution is -2.47. The summed E-state index contributed by atoms with van der Waals surface area (Å²) in [6.45, 7) is 5.86. The Morgan fingerprint density at radius 2 is 2.25 bits per heavy atom. The smallest absolute Gasteiger partial charge is 0.330 e. The highest BCUT2D eigenvalue weighted by Gasteiger charge is 2.67. The molecule has 3 fully saturated rings. The standard InChI is InChI=1S/C14H20O2/c1-3-12(15)16-14-8-6-10(9-14)11-5-4-7-13(11,14)2/h3,10-11H,1,4-9H2,2H3. The molecule has 0 saturated heterocycles. The SMILES string of the molecule is C=CC(=O)OC12CCC(C1)C1CCCC12C. The molecule has 0 radical (unpaired) electrons. The third kappa shape index (κ3) is 1.05. The summed E-state index contributed by atoms with van der Waals surface area (Å²) in [6.07, 6.45) is 8.63. The van der Waals surface area contributed by atoms with Crippen molar-refractivity contribution in [2.24, 2.45) is 17.3 Å². The van der Waals surface area contributed by atoms with Gasteiger partial charge in [0.05, 0.1) is 0 Å². The molecule has 0 spiro atoms. The van der Waals surface area contributed by atoms with Gasteiger partial charge in [-0.3, -0.25) is 0 Å². The minimum absolute atomic E-state index is 0.149. The van der Waals surface area contributed by atoms with Gasteiger partial charge in [-0.25, -0.2) is 4.79 Å². The number of esters is 1. The maximum atomic E-state index is 11.5. The maximum absolute atomic E-state index is 11.5. The van der Waals surface area contributed by atoms with E-state index in [0.717, 1.165) is 24.7 Å². The van der Waals surface area contributed by atoms with E-state index in [2.05, 4.69) is 13.5 Å². The summed E-state index contributed by atoms with van der Waals surface area (Å²) >= 11 is 0. The van der Waals surface area contributed by atoms with Crippen LogP contribution in [-0.2, 0) is 9.53 Å². The summed E-state index contributed by atoms with van der Waals surface area (Å²) in [4.78, 5) is 11.5. The van der Waals surface area contributed by atoms with E-state index in [4.69, 9.17) is 4.74 Å². The Morgan fingerprint density at radius 3 is 3.00 bits per heavy atom. The lowest BCUT2D eigenvalue weighted by Gasteiger charge is -2.44. The first-order valence-corrected chi connectivity index (χ1v) is 6.47. The molecule has 3 rings (SSSR count). The molecule has 2 heteroatoms. The normalized spacial score (nSPS) is 49.1. The Bertz CT molecular complexity index is 349. The molecule has 4 unspecified atom stereocenters. The molecule has 0 N–H and O–H groups in total. The highest BCUT2D eigenvalue weighted by atomic mass is 16.6. The van der Waals surface area contributed by atoms with Crippen LogP contribution in [0.2, 0.25) is 0 Å². The van der Waals surface area contributed by atoms with E-state index < -0.39 is 0 Å². The molecule has 0 aromatic heterocycles. The number of carbonyl (C=O) groups excluding carboxylic acids is 1. The molecule has 3 saturated carbocycles. The summed E-state index contributed by atoms with van der Waals surface area (Å²) in [5, 5.41) is 0. The van der Waals surface area contributed by atoms with Crippen molar-refractivity contribution in [3.63, 3.8) is 0 Å². The topological polar surface area (TPSA) is 26.3 Å². The van der Waals surface area contributed by atoms with Gasteiger partial charge >= 0.3 is 5.97 Å². The summed E-state index contributed by atoms with van der Waals surface area (Å²) in [5.74, 6) is 1.39. The van der Waals surface area contributed by atoms with Crippen LogP contribution >= 0.6 is 0 Å². The number of hydrogen-bond donors (Lipinski definition) is 0. The summed E-state index contributed by atoms with van der Waals surface area (Å²) in [7, 11) is 0. The molecule has 4 atom stereocenters. The van der Waals surface area contributed by atoms with Crippen molar-refractivity contribution < 1.29 is 9.53 Å². The molecule has 0 amide bonds. The summed E-state index contributed by atoms with van der Waals surface area (Å²) in [5.41, 5.74) is 0.110. The fraction of sp³-hybridized carbons (Fsp3) is 0.786. The first-order valence-electron chi connectivity index (χ1n) is 6.47. The fourth-order valence-electron chi connectivity index (χ4n) is 4.87. The zero-order valence-corrected chi connectivity index (χ0v) is 10.00. The van der Waals surface area contributed by atoms with Crippen molar-refractivity contribution in [2.75, 3.05) is 0 Å². The van der Waals surface area contributed by atoms with Gasteiger partial charge in [0, 0.05) is 11.5 Å². The number of hydrogen-bond acceptors (Lipinski definition) is 2. The third-order valence-electron chi connectivity index (χ3n) is 5.61. The molecule has 88 valence electrons. The second-order valence-electron chi connectivity index (χ2n) is 6.04. The monoisotopic (exact) mass is 220 g/mol. The molecule has 3 aliphatic rings. The van der Waals surface area contributed by atoms with Gasteiger partial charge in [-0.05, 0) is 43.9 Å². The van der Waals surface area contributed by atoms with Crippen LogP contribution in [0, 0.1) is 17.3 Å². The van der Waals surface area contributed by atoms with Crippen LogP contribution in [0.25, 0.3) is 0 Å². The van der Waals surface area contributed by atoms with E-state index in [1.165, 1.54) is 31.8 Å². The van der Waals surface area contributed by atoms with Crippen molar-refractivity contribution in [1.82, 2.24) is 0 Å². The molecule has 0 aromatic rings. The number of rotatable bonds is 2. The van der Waals surface area contributed by atoms with E-state index in [1.807, 2.05) is 0 Å². The van der Waals surface area contributed by atoms with Crippen molar-refractivity contribution in [1.29, 1.82) is 0 Å². The van der Waals surface area contributed by atoms with Crippen LogP contribution in [-0.4, -0.2) is 11.6 Å². The lowest BCUT2D eigenvalue weighted by atomic mass is 9.67. The van der Waals surface area contributed by atoms with Crippen molar-refractivity contribution in [3.8, 4) is 0 Å². The van der Waals surface area contributed by atoms with Gasteiger partial charge < -0.3 is 4.74 Å². The van der Waals surface area contributed by atoms with Gasteiger partial charge in [0.2, 0.25) is 0 Å². The number of ether oxygens (including phenoxy) is 1. The van der Waals surface area contributed by atoms with E-state index in [9.17, 15) is 4.79 Å². The van der Waals surface area contributed by atoms with Crippen LogP contribution < -0.4 is 0 Å². The Labute approximate surface area is 97.1 Å². The predicted molar refractivity (Wildman–Crippen MR) is 61.8 cm³/mol. The van der Waals surface area contributed by atoms with Crippen LogP contribution in [0.1, 0.15) is 45.4 Å². The molecule has 0 aliphatic heterocycles. The Balaban J connectivity index is 1.94. The number of carbonyl (C=O) groups is 1. The van der Waals surface area contributed by atoms with Crippen LogP contribution in [0.15, 0.2) is 12.7 Å². The van der Waals surface area contributed by atoms with Crippen molar-refractivity contribution in [2.45, 2.75) is 51.0 Å². The minimum atomic E-state index is -0.227. The highest BCUT2D eigenvalue weighted by molar-refractivity contribution is 5.81. The van der Waals surface area contributed by atoms with Gasteiger partial charge in [0.1, 0.15) is 5.60 Å². The Kier molecular flexibility index (Phi) is 2.02. The largest absolute Gasteiger partial charge is 0.455 e. The summed E-state index contributed by atoms with van der Waals surface area (Å²) in [6, 6.07) is 0. The molecule has 0 heterocycles. The van der Waals surface area contributed by atoms with Gasteiger partial charge in [-0.15, -0.1) is 0 Å². The number of fused-ring (bicyclic) bond motifs is 5. The molecule has 16 heavy (non-hydrogen) atoms. The third-order valence-corrected chi connectivity index (χ3v) is 5.61. The van der Waals surface area contributed by atoms with Gasteiger partial charge in [-0.1, -0.05) is 19.9 Å². The lowest BCUT2D eigenvalue weighted by molar-refractivity contribution is -0.168. The van der Waals surface area contributed by atoms with Crippen LogP contribution in [0.5, 0.6) is 0 Å². The Hall–Kier alpha value is -0.790. The predicted octanol–water partition coefficient (Wildman–Crippen LogP) is 3.07. The van der Waals surface area contributed by atoms with E-state index in [0.29, 0.717) is 0 Å². The first kappa shape index (κ1) is 10.4.